The summed E-state index contributed by atoms with van der Waals surface area (Å²) in [6, 6.07) is 21.6. The summed E-state index contributed by atoms with van der Waals surface area (Å²) >= 11 is 0. The van der Waals surface area contributed by atoms with E-state index in [-0.39, 0.29) is 47.7 Å². The third-order valence-electron chi connectivity index (χ3n) is 8.66. The summed E-state index contributed by atoms with van der Waals surface area (Å²) in [5.41, 5.74) is 0. The first-order valence-corrected chi connectivity index (χ1v) is 15.6. The monoisotopic (exact) mass is 526 g/mol. The fraction of sp³-hybridized carbons (Fsp3) is 0.600. The standard InChI is InChI=1S/C30H42O6Si/c1-21-26(19-24(27(21)29-34-17-18-35-29)25(20-31)28-32-15-16-33-28)36-37(30(2,3)4,22-11-7-5-8-12-22)23-13-9-6-10-14-23/h5-14,21,24-29,31H,15-20H2,1-4H3/t21-,24+,25?,26-,27+/m0/s1. The van der Waals surface area contributed by atoms with Gasteiger partial charge in [-0.05, 0) is 33.7 Å². The topological polar surface area (TPSA) is 66.4 Å². The Morgan fingerprint density at radius 3 is 1.86 bits per heavy atom. The van der Waals surface area contributed by atoms with Gasteiger partial charge in [-0.1, -0.05) is 88.4 Å². The molecule has 2 aromatic rings. The van der Waals surface area contributed by atoms with Crippen molar-refractivity contribution >= 4 is 18.7 Å². The van der Waals surface area contributed by atoms with Crippen LogP contribution < -0.4 is 10.4 Å². The smallest absolute Gasteiger partial charge is 0.261 e. The van der Waals surface area contributed by atoms with Crippen LogP contribution in [0.2, 0.25) is 5.04 Å². The molecule has 2 aromatic carbocycles. The molecule has 0 bridgehead atoms. The largest absolute Gasteiger partial charge is 0.404 e. The Morgan fingerprint density at radius 1 is 0.865 bits per heavy atom. The van der Waals surface area contributed by atoms with Gasteiger partial charge in [0.2, 0.25) is 0 Å². The third-order valence-corrected chi connectivity index (χ3v) is 13.7. The summed E-state index contributed by atoms with van der Waals surface area (Å²) in [7, 11) is -2.74. The lowest BCUT2D eigenvalue weighted by Gasteiger charge is -2.45. The Morgan fingerprint density at radius 2 is 1.38 bits per heavy atom. The molecule has 0 spiro atoms. The molecule has 0 aromatic heterocycles. The van der Waals surface area contributed by atoms with Crippen LogP contribution in [-0.2, 0) is 23.4 Å². The number of ether oxygens (including phenoxy) is 4. The highest BCUT2D eigenvalue weighted by atomic mass is 28.4. The minimum absolute atomic E-state index is 0.00277. The molecule has 7 heteroatoms. The zero-order valence-corrected chi connectivity index (χ0v) is 23.5. The Balaban J connectivity index is 1.55. The minimum atomic E-state index is -2.74. The van der Waals surface area contributed by atoms with E-state index in [1.54, 1.807) is 0 Å². The van der Waals surface area contributed by atoms with Gasteiger partial charge in [0.1, 0.15) is 0 Å². The Bertz CT molecular complexity index is 945. The van der Waals surface area contributed by atoms with Crippen molar-refractivity contribution < 1.29 is 28.5 Å². The summed E-state index contributed by atoms with van der Waals surface area (Å²) in [5.74, 6) is 0.186. The van der Waals surface area contributed by atoms with E-state index in [4.69, 9.17) is 23.4 Å². The van der Waals surface area contributed by atoms with Crippen LogP contribution in [0.15, 0.2) is 60.7 Å². The van der Waals surface area contributed by atoms with E-state index in [1.165, 1.54) is 10.4 Å². The van der Waals surface area contributed by atoms with Gasteiger partial charge in [0.25, 0.3) is 8.32 Å². The molecule has 0 amide bonds. The van der Waals surface area contributed by atoms with Crippen molar-refractivity contribution in [3.05, 3.63) is 60.7 Å². The SMILES string of the molecule is C[C@@H]1[C@@H](C2OCCO2)[C@@H](C(CO)C2OCCO2)C[C@@H]1O[Si](c1ccccc1)(c1ccccc1)C(C)(C)C. The molecule has 2 saturated heterocycles. The number of aliphatic hydroxyl groups is 1. The van der Waals surface area contributed by atoms with Crippen molar-refractivity contribution in [1.82, 2.24) is 0 Å². The second-order valence-corrected chi connectivity index (χ2v) is 16.0. The molecule has 5 atom stereocenters. The molecule has 3 aliphatic rings. The lowest BCUT2D eigenvalue weighted by molar-refractivity contribution is -0.151. The van der Waals surface area contributed by atoms with Gasteiger partial charge >= 0.3 is 0 Å². The zero-order chi connectivity index (χ0) is 26.0. The highest BCUT2D eigenvalue weighted by Gasteiger charge is 2.57. The molecule has 1 aliphatic carbocycles. The predicted octanol–water partition coefficient (Wildman–Crippen LogP) is 3.56. The average Bonchev–Trinajstić information content (AvgIpc) is 3.67. The highest BCUT2D eigenvalue weighted by molar-refractivity contribution is 6.99. The third kappa shape index (κ3) is 5.08. The molecule has 1 N–H and O–H groups in total. The molecule has 2 aliphatic heterocycles. The van der Waals surface area contributed by atoms with Crippen LogP contribution in [-0.4, -0.2) is 65.1 Å². The van der Waals surface area contributed by atoms with Gasteiger partial charge in [0.15, 0.2) is 12.6 Å². The molecule has 5 rings (SSSR count). The average molecular weight is 527 g/mol. The fourth-order valence-electron chi connectivity index (χ4n) is 6.91. The zero-order valence-electron chi connectivity index (χ0n) is 22.5. The van der Waals surface area contributed by atoms with E-state index in [1.807, 2.05) is 0 Å². The first kappa shape index (κ1) is 27.0. The predicted molar refractivity (Wildman–Crippen MR) is 145 cm³/mol. The number of hydrogen-bond donors (Lipinski definition) is 1. The van der Waals surface area contributed by atoms with Gasteiger partial charge in [0, 0.05) is 17.9 Å². The molecule has 1 unspecified atom stereocenters. The summed E-state index contributed by atoms with van der Waals surface area (Å²) in [5, 5.41) is 13.0. The van der Waals surface area contributed by atoms with Crippen molar-refractivity contribution in [2.24, 2.45) is 23.7 Å². The fourth-order valence-corrected chi connectivity index (χ4v) is 11.7. The van der Waals surface area contributed by atoms with Crippen LogP contribution in [0.25, 0.3) is 0 Å². The van der Waals surface area contributed by atoms with Gasteiger partial charge in [-0.2, -0.15) is 0 Å². The van der Waals surface area contributed by atoms with Gasteiger partial charge < -0.3 is 28.5 Å². The number of benzene rings is 2. The molecule has 6 nitrogen and oxygen atoms in total. The van der Waals surface area contributed by atoms with E-state index in [2.05, 4.69) is 88.4 Å². The van der Waals surface area contributed by atoms with Crippen molar-refractivity contribution in [3.63, 3.8) is 0 Å². The first-order chi connectivity index (χ1) is 17.9. The van der Waals surface area contributed by atoms with Crippen molar-refractivity contribution in [3.8, 4) is 0 Å². The minimum Gasteiger partial charge on any atom is -0.404 e. The molecular formula is C30H42O6Si. The Kier molecular flexibility index (Phi) is 8.22. The lowest BCUT2D eigenvalue weighted by Crippen LogP contribution is -2.68. The van der Waals surface area contributed by atoms with Crippen LogP contribution in [0.3, 0.4) is 0 Å². The second kappa shape index (κ2) is 11.3. The normalized spacial score (nSPS) is 28.7. The van der Waals surface area contributed by atoms with Gasteiger partial charge in [-0.15, -0.1) is 0 Å². The molecule has 2 heterocycles. The summed E-state index contributed by atoms with van der Waals surface area (Å²) < 4.78 is 31.5. The lowest BCUT2D eigenvalue weighted by atomic mass is 9.80. The Labute approximate surface area is 222 Å². The van der Waals surface area contributed by atoms with Crippen LogP contribution in [0.1, 0.15) is 34.1 Å². The molecule has 0 radical (unpaired) electrons. The summed E-state index contributed by atoms with van der Waals surface area (Å²) in [4.78, 5) is 0. The van der Waals surface area contributed by atoms with Gasteiger partial charge in [-0.25, -0.2) is 0 Å². The van der Waals surface area contributed by atoms with E-state index < -0.39 is 14.6 Å². The van der Waals surface area contributed by atoms with Crippen LogP contribution in [0, 0.1) is 23.7 Å². The molecule has 1 saturated carbocycles. The number of aliphatic hydroxyl groups excluding tert-OH is 1. The van der Waals surface area contributed by atoms with Crippen LogP contribution in [0.4, 0.5) is 0 Å². The highest BCUT2D eigenvalue weighted by Crippen LogP contribution is 2.50. The maximum Gasteiger partial charge on any atom is 0.261 e. The number of rotatable bonds is 8. The maximum atomic E-state index is 10.5. The summed E-state index contributed by atoms with van der Waals surface area (Å²) in [6.07, 6.45) is 0.0686. The maximum absolute atomic E-state index is 10.5. The van der Waals surface area contributed by atoms with Crippen LogP contribution >= 0.6 is 0 Å². The molecule has 3 fully saturated rings. The molecule has 202 valence electrons. The number of hydrogen-bond acceptors (Lipinski definition) is 6. The second-order valence-electron chi connectivity index (χ2n) is 11.7. The van der Waals surface area contributed by atoms with Gasteiger partial charge in [-0.3, -0.25) is 0 Å². The van der Waals surface area contributed by atoms with E-state index in [0.29, 0.717) is 26.4 Å². The Hall–Kier alpha value is -1.58. The van der Waals surface area contributed by atoms with Crippen LogP contribution in [0.5, 0.6) is 0 Å². The van der Waals surface area contributed by atoms with E-state index in [0.717, 1.165) is 6.42 Å². The van der Waals surface area contributed by atoms with E-state index >= 15 is 0 Å². The summed E-state index contributed by atoms with van der Waals surface area (Å²) in [6.45, 7) is 11.5. The van der Waals surface area contributed by atoms with Crippen molar-refractivity contribution in [2.75, 3.05) is 33.0 Å². The van der Waals surface area contributed by atoms with Gasteiger partial charge in [0.05, 0.1) is 33.0 Å². The molecule has 37 heavy (non-hydrogen) atoms. The van der Waals surface area contributed by atoms with E-state index in [9.17, 15) is 5.11 Å². The first-order valence-electron chi connectivity index (χ1n) is 13.7. The van der Waals surface area contributed by atoms with Crippen molar-refractivity contribution in [1.29, 1.82) is 0 Å². The quantitative estimate of drug-likeness (QED) is 0.531. The van der Waals surface area contributed by atoms with Crippen molar-refractivity contribution in [2.45, 2.75) is 57.8 Å². The molecular weight excluding hydrogens is 484 g/mol.